The van der Waals surface area contributed by atoms with Gasteiger partial charge >= 0.3 is 0 Å². The van der Waals surface area contributed by atoms with Crippen LogP contribution in [0.25, 0.3) is 0 Å². The van der Waals surface area contributed by atoms with Crippen LogP contribution in [0, 0.1) is 5.82 Å². The standard InChI is InChI=1S/C11H15ClFN3/c1-14-11(15-2)16-7-6-8-9(12)4-3-5-10(8)13/h3-5H,6-7H2,1-2H3,(H2,14,15,16). The fraction of sp³-hybridized carbons (Fsp3) is 0.364. The normalized spacial score (nSPS) is 11.4. The van der Waals surface area contributed by atoms with Gasteiger partial charge in [0, 0.05) is 31.2 Å². The summed E-state index contributed by atoms with van der Waals surface area (Å²) in [5, 5.41) is 6.37. The number of hydrogen-bond acceptors (Lipinski definition) is 1. The molecule has 2 N–H and O–H groups in total. The fourth-order valence-electron chi connectivity index (χ4n) is 1.36. The Morgan fingerprint density at radius 3 is 2.81 bits per heavy atom. The second kappa shape index (κ2) is 6.33. The first kappa shape index (κ1) is 12.8. The molecule has 88 valence electrons. The largest absolute Gasteiger partial charge is 0.359 e. The quantitative estimate of drug-likeness (QED) is 0.628. The van der Waals surface area contributed by atoms with Crippen LogP contribution in [-0.4, -0.2) is 26.6 Å². The van der Waals surface area contributed by atoms with Crippen molar-refractivity contribution in [3.05, 3.63) is 34.6 Å². The van der Waals surface area contributed by atoms with Crippen molar-refractivity contribution in [1.29, 1.82) is 0 Å². The van der Waals surface area contributed by atoms with Crippen molar-refractivity contribution >= 4 is 17.6 Å². The summed E-state index contributed by atoms with van der Waals surface area (Å²) in [6.45, 7) is 0.578. The minimum Gasteiger partial charge on any atom is -0.359 e. The summed E-state index contributed by atoms with van der Waals surface area (Å²) in [5.74, 6) is 0.404. The molecule has 0 spiro atoms. The molecule has 1 rings (SSSR count). The highest BCUT2D eigenvalue weighted by molar-refractivity contribution is 6.31. The number of halogens is 2. The van der Waals surface area contributed by atoms with Gasteiger partial charge in [0.25, 0.3) is 0 Å². The van der Waals surface area contributed by atoms with E-state index in [4.69, 9.17) is 11.6 Å². The summed E-state index contributed by atoms with van der Waals surface area (Å²) in [7, 11) is 3.44. The second-order valence-corrected chi connectivity index (χ2v) is 3.61. The van der Waals surface area contributed by atoms with Crippen molar-refractivity contribution in [3.63, 3.8) is 0 Å². The number of nitrogens with one attached hydrogen (secondary N) is 2. The van der Waals surface area contributed by atoms with E-state index in [0.717, 1.165) is 0 Å². The Labute approximate surface area is 99.7 Å². The highest BCUT2D eigenvalue weighted by atomic mass is 35.5. The first-order chi connectivity index (χ1) is 7.69. The van der Waals surface area contributed by atoms with Gasteiger partial charge in [0.2, 0.25) is 0 Å². The average Bonchev–Trinajstić information content (AvgIpc) is 2.28. The van der Waals surface area contributed by atoms with Gasteiger partial charge in [0.05, 0.1) is 0 Å². The van der Waals surface area contributed by atoms with E-state index in [2.05, 4.69) is 15.6 Å². The summed E-state index contributed by atoms with van der Waals surface area (Å²) >= 11 is 5.90. The minimum atomic E-state index is -0.270. The highest BCUT2D eigenvalue weighted by Gasteiger charge is 2.06. The van der Waals surface area contributed by atoms with E-state index < -0.39 is 0 Å². The van der Waals surface area contributed by atoms with Crippen molar-refractivity contribution in [2.45, 2.75) is 6.42 Å². The van der Waals surface area contributed by atoms with Crippen LogP contribution in [0.3, 0.4) is 0 Å². The Morgan fingerprint density at radius 2 is 2.25 bits per heavy atom. The molecule has 0 heterocycles. The molecule has 0 unspecified atom stereocenters. The third-order valence-electron chi connectivity index (χ3n) is 2.19. The van der Waals surface area contributed by atoms with E-state index in [1.165, 1.54) is 6.07 Å². The molecule has 0 saturated heterocycles. The molecule has 5 heteroatoms. The van der Waals surface area contributed by atoms with Gasteiger partial charge in [-0.3, -0.25) is 4.99 Å². The van der Waals surface area contributed by atoms with Gasteiger partial charge in [-0.25, -0.2) is 4.39 Å². The van der Waals surface area contributed by atoms with Gasteiger partial charge in [-0.05, 0) is 18.6 Å². The maximum absolute atomic E-state index is 13.4. The summed E-state index contributed by atoms with van der Waals surface area (Å²) < 4.78 is 13.4. The molecule has 0 saturated carbocycles. The van der Waals surface area contributed by atoms with Gasteiger partial charge in [-0.15, -0.1) is 0 Å². The lowest BCUT2D eigenvalue weighted by Crippen LogP contribution is -2.35. The van der Waals surface area contributed by atoms with Crippen LogP contribution in [0.5, 0.6) is 0 Å². The van der Waals surface area contributed by atoms with Crippen molar-refractivity contribution in [1.82, 2.24) is 10.6 Å². The third kappa shape index (κ3) is 3.38. The van der Waals surface area contributed by atoms with Crippen LogP contribution >= 0.6 is 11.6 Å². The number of nitrogens with zero attached hydrogens (tertiary/aromatic N) is 1. The molecule has 0 atom stereocenters. The maximum atomic E-state index is 13.4. The number of hydrogen-bond donors (Lipinski definition) is 2. The molecule has 0 aliphatic heterocycles. The molecule has 0 amide bonds. The molecule has 0 bridgehead atoms. The molecule has 1 aromatic carbocycles. The highest BCUT2D eigenvalue weighted by Crippen LogP contribution is 2.18. The van der Waals surface area contributed by atoms with Crippen molar-refractivity contribution in [2.24, 2.45) is 4.99 Å². The first-order valence-corrected chi connectivity index (χ1v) is 5.38. The summed E-state index contributed by atoms with van der Waals surface area (Å²) in [6.07, 6.45) is 0.520. The average molecular weight is 244 g/mol. The lowest BCUT2D eigenvalue weighted by Gasteiger charge is -2.09. The van der Waals surface area contributed by atoms with E-state index >= 15 is 0 Å². The number of guanidine groups is 1. The Kier molecular flexibility index (Phi) is 5.05. The van der Waals surface area contributed by atoms with Crippen LogP contribution in [0.4, 0.5) is 4.39 Å². The van der Waals surface area contributed by atoms with Crippen molar-refractivity contribution in [3.8, 4) is 0 Å². The van der Waals surface area contributed by atoms with Crippen LogP contribution in [0.15, 0.2) is 23.2 Å². The predicted molar refractivity (Wildman–Crippen MR) is 65.5 cm³/mol. The van der Waals surface area contributed by atoms with E-state index in [0.29, 0.717) is 29.5 Å². The molecular formula is C11H15ClFN3. The molecule has 0 aromatic heterocycles. The molecule has 3 nitrogen and oxygen atoms in total. The Hall–Kier alpha value is -1.29. The van der Waals surface area contributed by atoms with E-state index in [-0.39, 0.29) is 5.82 Å². The zero-order chi connectivity index (χ0) is 12.0. The van der Waals surface area contributed by atoms with Crippen LogP contribution in [0.2, 0.25) is 5.02 Å². The zero-order valence-electron chi connectivity index (χ0n) is 9.35. The van der Waals surface area contributed by atoms with E-state index in [9.17, 15) is 4.39 Å². The lowest BCUT2D eigenvalue weighted by molar-refractivity contribution is 0.607. The van der Waals surface area contributed by atoms with Crippen LogP contribution < -0.4 is 10.6 Å². The van der Waals surface area contributed by atoms with E-state index in [1.54, 1.807) is 26.2 Å². The second-order valence-electron chi connectivity index (χ2n) is 3.20. The molecule has 0 aliphatic rings. The Balaban J connectivity index is 2.55. The van der Waals surface area contributed by atoms with E-state index in [1.807, 2.05) is 0 Å². The predicted octanol–water partition coefficient (Wildman–Crippen LogP) is 1.82. The molecule has 16 heavy (non-hydrogen) atoms. The molecular weight excluding hydrogens is 229 g/mol. The monoisotopic (exact) mass is 243 g/mol. The van der Waals surface area contributed by atoms with Crippen molar-refractivity contribution in [2.75, 3.05) is 20.6 Å². The Bertz CT molecular complexity index is 359. The molecule has 0 fully saturated rings. The first-order valence-electron chi connectivity index (χ1n) is 5.00. The lowest BCUT2D eigenvalue weighted by atomic mass is 10.1. The summed E-state index contributed by atoms with van der Waals surface area (Å²) in [4.78, 5) is 3.95. The smallest absolute Gasteiger partial charge is 0.190 e. The maximum Gasteiger partial charge on any atom is 0.190 e. The number of rotatable bonds is 3. The molecule has 0 radical (unpaired) electrons. The van der Waals surface area contributed by atoms with Crippen LogP contribution in [0.1, 0.15) is 5.56 Å². The molecule has 0 aliphatic carbocycles. The van der Waals surface area contributed by atoms with Gasteiger partial charge in [0.1, 0.15) is 5.82 Å². The Morgan fingerprint density at radius 1 is 1.50 bits per heavy atom. The SMILES string of the molecule is CN=C(NC)NCCc1c(F)cccc1Cl. The van der Waals surface area contributed by atoms with Gasteiger partial charge in [0.15, 0.2) is 5.96 Å². The fourth-order valence-corrected chi connectivity index (χ4v) is 1.61. The minimum absolute atomic E-state index is 0.270. The topological polar surface area (TPSA) is 36.4 Å². The van der Waals surface area contributed by atoms with Crippen molar-refractivity contribution < 1.29 is 4.39 Å². The number of benzene rings is 1. The number of aliphatic imine (C=N–C) groups is 1. The van der Waals surface area contributed by atoms with Crippen LogP contribution in [-0.2, 0) is 6.42 Å². The third-order valence-corrected chi connectivity index (χ3v) is 2.54. The van der Waals surface area contributed by atoms with Gasteiger partial charge in [-0.1, -0.05) is 17.7 Å². The summed E-state index contributed by atoms with van der Waals surface area (Å²) in [6, 6.07) is 4.70. The summed E-state index contributed by atoms with van der Waals surface area (Å²) in [5.41, 5.74) is 0.531. The molecule has 1 aromatic rings. The zero-order valence-corrected chi connectivity index (χ0v) is 10.1. The van der Waals surface area contributed by atoms with Gasteiger partial charge < -0.3 is 10.6 Å². The van der Waals surface area contributed by atoms with Gasteiger partial charge in [-0.2, -0.15) is 0 Å².